The SMILES string of the molecule is Cc1cccc(CCC(Br)C(C)C)c1C. The third-order valence-electron chi connectivity index (χ3n) is 3.13. The lowest BCUT2D eigenvalue weighted by molar-refractivity contribution is 0.581. The van der Waals surface area contributed by atoms with E-state index in [1.54, 1.807) is 0 Å². The van der Waals surface area contributed by atoms with Crippen LogP contribution in [0.5, 0.6) is 0 Å². The molecule has 1 unspecified atom stereocenters. The minimum Gasteiger partial charge on any atom is -0.0888 e. The minimum atomic E-state index is 0.636. The standard InChI is InChI=1S/C14H21Br/c1-10(2)14(15)9-8-13-7-5-6-11(3)12(13)4/h5-7,10,14H,8-9H2,1-4H3. The lowest BCUT2D eigenvalue weighted by Crippen LogP contribution is -2.08. The van der Waals surface area contributed by atoms with Crippen molar-refractivity contribution in [3.63, 3.8) is 0 Å². The molecule has 1 atom stereocenters. The normalized spacial score (nSPS) is 13.2. The summed E-state index contributed by atoms with van der Waals surface area (Å²) in [4.78, 5) is 0.636. The molecule has 0 fully saturated rings. The fourth-order valence-corrected chi connectivity index (χ4v) is 1.94. The third-order valence-corrected chi connectivity index (χ3v) is 4.64. The van der Waals surface area contributed by atoms with Crippen molar-refractivity contribution in [3.8, 4) is 0 Å². The first-order chi connectivity index (χ1) is 7.02. The predicted octanol–water partition coefficient (Wildman–Crippen LogP) is 4.66. The van der Waals surface area contributed by atoms with Crippen molar-refractivity contribution in [2.24, 2.45) is 5.92 Å². The Morgan fingerprint density at radius 2 is 1.87 bits per heavy atom. The fourth-order valence-electron chi connectivity index (χ4n) is 1.71. The van der Waals surface area contributed by atoms with Gasteiger partial charge < -0.3 is 0 Å². The van der Waals surface area contributed by atoms with E-state index in [-0.39, 0.29) is 0 Å². The molecule has 1 aromatic carbocycles. The molecule has 0 bridgehead atoms. The Labute approximate surface area is 102 Å². The second kappa shape index (κ2) is 5.69. The van der Waals surface area contributed by atoms with Gasteiger partial charge in [0.25, 0.3) is 0 Å². The van der Waals surface area contributed by atoms with Crippen molar-refractivity contribution in [1.82, 2.24) is 0 Å². The second-order valence-electron chi connectivity index (χ2n) is 4.66. The van der Waals surface area contributed by atoms with Crippen LogP contribution in [0, 0.1) is 19.8 Å². The van der Waals surface area contributed by atoms with Gasteiger partial charge in [-0.25, -0.2) is 0 Å². The Morgan fingerprint density at radius 3 is 2.47 bits per heavy atom. The molecule has 0 amide bonds. The van der Waals surface area contributed by atoms with Crippen LogP contribution in [0.2, 0.25) is 0 Å². The van der Waals surface area contributed by atoms with E-state index in [9.17, 15) is 0 Å². The molecule has 0 heterocycles. The van der Waals surface area contributed by atoms with Crippen molar-refractivity contribution in [2.45, 2.75) is 45.4 Å². The smallest absolute Gasteiger partial charge is 0.0172 e. The number of alkyl halides is 1. The van der Waals surface area contributed by atoms with Gasteiger partial charge in [0.15, 0.2) is 0 Å². The van der Waals surface area contributed by atoms with Crippen molar-refractivity contribution in [1.29, 1.82) is 0 Å². The van der Waals surface area contributed by atoms with Crippen molar-refractivity contribution in [2.75, 3.05) is 0 Å². The second-order valence-corrected chi connectivity index (χ2v) is 5.83. The molecule has 0 saturated heterocycles. The van der Waals surface area contributed by atoms with Crippen LogP contribution in [0.3, 0.4) is 0 Å². The summed E-state index contributed by atoms with van der Waals surface area (Å²) in [5.41, 5.74) is 4.37. The van der Waals surface area contributed by atoms with Crippen LogP contribution in [-0.2, 0) is 6.42 Å². The van der Waals surface area contributed by atoms with Gasteiger partial charge >= 0.3 is 0 Å². The molecular formula is C14H21Br. The molecule has 0 radical (unpaired) electrons. The van der Waals surface area contributed by atoms with Gasteiger partial charge in [-0.1, -0.05) is 48.0 Å². The van der Waals surface area contributed by atoms with E-state index in [2.05, 4.69) is 61.8 Å². The highest BCUT2D eigenvalue weighted by atomic mass is 79.9. The highest BCUT2D eigenvalue weighted by Gasteiger charge is 2.09. The van der Waals surface area contributed by atoms with Gasteiger partial charge in [0.05, 0.1) is 0 Å². The summed E-state index contributed by atoms with van der Waals surface area (Å²) in [6.45, 7) is 8.95. The van der Waals surface area contributed by atoms with Crippen LogP contribution in [-0.4, -0.2) is 4.83 Å². The van der Waals surface area contributed by atoms with E-state index >= 15 is 0 Å². The molecule has 0 aliphatic rings. The van der Waals surface area contributed by atoms with Gasteiger partial charge in [-0.2, -0.15) is 0 Å². The van der Waals surface area contributed by atoms with E-state index in [0.29, 0.717) is 4.83 Å². The average molecular weight is 269 g/mol. The van der Waals surface area contributed by atoms with Crippen LogP contribution in [0.1, 0.15) is 37.0 Å². The van der Waals surface area contributed by atoms with E-state index in [0.717, 1.165) is 5.92 Å². The number of aryl methyl sites for hydroxylation is 2. The fraction of sp³-hybridized carbons (Fsp3) is 0.571. The summed E-state index contributed by atoms with van der Waals surface area (Å²) in [5, 5.41) is 0. The Hall–Kier alpha value is -0.300. The van der Waals surface area contributed by atoms with Gasteiger partial charge in [-0.15, -0.1) is 0 Å². The molecule has 0 aliphatic carbocycles. The maximum absolute atomic E-state index is 3.74. The Kier molecular flexibility index (Phi) is 4.85. The highest BCUT2D eigenvalue weighted by molar-refractivity contribution is 9.09. The predicted molar refractivity (Wildman–Crippen MR) is 71.8 cm³/mol. The molecule has 84 valence electrons. The first kappa shape index (κ1) is 12.8. The number of hydrogen-bond acceptors (Lipinski definition) is 0. The van der Waals surface area contributed by atoms with E-state index < -0.39 is 0 Å². The van der Waals surface area contributed by atoms with Crippen molar-refractivity contribution in [3.05, 3.63) is 34.9 Å². The van der Waals surface area contributed by atoms with Gasteiger partial charge in [-0.3, -0.25) is 0 Å². The monoisotopic (exact) mass is 268 g/mol. The summed E-state index contributed by atoms with van der Waals surface area (Å²) in [6.07, 6.45) is 2.41. The van der Waals surface area contributed by atoms with Gasteiger partial charge in [0.1, 0.15) is 0 Å². The van der Waals surface area contributed by atoms with E-state index in [4.69, 9.17) is 0 Å². The molecule has 15 heavy (non-hydrogen) atoms. The van der Waals surface area contributed by atoms with Crippen molar-refractivity contribution >= 4 is 15.9 Å². The number of halogens is 1. The van der Waals surface area contributed by atoms with Crippen LogP contribution in [0.15, 0.2) is 18.2 Å². The molecule has 0 spiro atoms. The van der Waals surface area contributed by atoms with E-state index in [1.807, 2.05) is 0 Å². The zero-order valence-electron chi connectivity index (χ0n) is 10.2. The lowest BCUT2D eigenvalue weighted by atomic mass is 9.97. The maximum Gasteiger partial charge on any atom is 0.0172 e. The molecule has 1 aromatic rings. The van der Waals surface area contributed by atoms with Gasteiger partial charge in [0.2, 0.25) is 0 Å². The quantitative estimate of drug-likeness (QED) is 0.697. The summed E-state index contributed by atoms with van der Waals surface area (Å²) >= 11 is 3.74. The molecule has 1 heteroatoms. The Balaban J connectivity index is 2.62. The molecule has 1 rings (SSSR count). The van der Waals surface area contributed by atoms with Crippen LogP contribution in [0.25, 0.3) is 0 Å². The summed E-state index contributed by atoms with van der Waals surface area (Å²) in [5.74, 6) is 0.718. The van der Waals surface area contributed by atoms with Gasteiger partial charge in [-0.05, 0) is 49.3 Å². The molecule has 0 nitrogen and oxygen atoms in total. The first-order valence-electron chi connectivity index (χ1n) is 5.71. The highest BCUT2D eigenvalue weighted by Crippen LogP contribution is 2.21. The van der Waals surface area contributed by atoms with Crippen LogP contribution >= 0.6 is 15.9 Å². The molecule has 0 saturated carbocycles. The average Bonchev–Trinajstić information content (AvgIpc) is 2.19. The molecule has 0 N–H and O–H groups in total. The number of benzene rings is 1. The molecule has 0 aromatic heterocycles. The largest absolute Gasteiger partial charge is 0.0888 e. The lowest BCUT2D eigenvalue weighted by Gasteiger charge is -2.15. The zero-order valence-corrected chi connectivity index (χ0v) is 11.8. The van der Waals surface area contributed by atoms with Gasteiger partial charge in [0, 0.05) is 4.83 Å². The van der Waals surface area contributed by atoms with Crippen molar-refractivity contribution < 1.29 is 0 Å². The first-order valence-corrected chi connectivity index (χ1v) is 6.63. The molecular weight excluding hydrogens is 248 g/mol. The Morgan fingerprint density at radius 1 is 1.20 bits per heavy atom. The Bertz CT molecular complexity index is 315. The number of hydrogen-bond donors (Lipinski definition) is 0. The van der Waals surface area contributed by atoms with E-state index in [1.165, 1.54) is 29.5 Å². The summed E-state index contributed by atoms with van der Waals surface area (Å²) in [7, 11) is 0. The van der Waals surface area contributed by atoms with Crippen LogP contribution in [0.4, 0.5) is 0 Å². The minimum absolute atomic E-state index is 0.636. The zero-order chi connectivity index (χ0) is 11.4. The molecule has 0 aliphatic heterocycles. The topological polar surface area (TPSA) is 0 Å². The van der Waals surface area contributed by atoms with Crippen LogP contribution < -0.4 is 0 Å². The summed E-state index contributed by atoms with van der Waals surface area (Å²) in [6, 6.07) is 6.60. The number of rotatable bonds is 4. The summed E-state index contributed by atoms with van der Waals surface area (Å²) < 4.78 is 0. The maximum atomic E-state index is 3.74. The third kappa shape index (κ3) is 3.64.